The third-order valence-electron chi connectivity index (χ3n) is 4.04. The Morgan fingerprint density at radius 1 is 1.23 bits per heavy atom. The lowest BCUT2D eigenvalue weighted by atomic mass is 10.0. The molecule has 0 saturated heterocycles. The second-order valence-corrected chi connectivity index (χ2v) is 6.53. The van der Waals surface area contributed by atoms with E-state index in [0.717, 1.165) is 12.4 Å². The van der Waals surface area contributed by atoms with Crippen LogP contribution in [-0.4, -0.2) is 28.5 Å². The molecule has 0 spiro atoms. The lowest BCUT2D eigenvalue weighted by Gasteiger charge is -2.27. The number of aromatic nitrogens is 2. The molecule has 0 unspecified atom stereocenters. The molecule has 1 atom stereocenters. The summed E-state index contributed by atoms with van der Waals surface area (Å²) in [6.45, 7) is 3.07. The zero-order valence-electron chi connectivity index (χ0n) is 13.2. The van der Waals surface area contributed by atoms with E-state index < -0.39 is 0 Å². The van der Waals surface area contributed by atoms with Crippen molar-refractivity contribution in [1.29, 1.82) is 0 Å². The third kappa shape index (κ3) is 2.98. The zero-order valence-corrected chi connectivity index (χ0v) is 14.0. The van der Waals surface area contributed by atoms with Crippen molar-refractivity contribution < 1.29 is 0 Å². The minimum absolute atomic E-state index is 0.327. The van der Waals surface area contributed by atoms with Gasteiger partial charge < -0.3 is 9.47 Å². The third-order valence-corrected chi connectivity index (χ3v) is 4.72. The van der Waals surface area contributed by atoms with E-state index in [1.165, 1.54) is 16.7 Å². The topological polar surface area (TPSA) is 21.1 Å². The van der Waals surface area contributed by atoms with E-state index in [1.54, 1.807) is 11.3 Å². The van der Waals surface area contributed by atoms with E-state index in [9.17, 15) is 0 Å². The van der Waals surface area contributed by atoms with Crippen LogP contribution in [0.15, 0.2) is 53.5 Å². The van der Waals surface area contributed by atoms with Crippen LogP contribution in [0.4, 0.5) is 0 Å². The SMILES string of the molecule is Cc1ccccc1[C@H](Cn1ccnc1-c1ccsc1)N(C)C. The van der Waals surface area contributed by atoms with Crippen molar-refractivity contribution in [3.63, 3.8) is 0 Å². The van der Waals surface area contributed by atoms with Gasteiger partial charge in [0.25, 0.3) is 0 Å². The molecule has 0 amide bonds. The quantitative estimate of drug-likeness (QED) is 0.703. The van der Waals surface area contributed by atoms with Crippen molar-refractivity contribution in [1.82, 2.24) is 14.5 Å². The predicted octanol–water partition coefficient (Wildman–Crippen LogP) is 4.22. The Balaban J connectivity index is 1.93. The molecule has 0 aliphatic rings. The Bertz CT molecular complexity index is 728. The largest absolute Gasteiger partial charge is 0.329 e. The highest BCUT2D eigenvalue weighted by molar-refractivity contribution is 7.08. The summed E-state index contributed by atoms with van der Waals surface area (Å²) in [6, 6.07) is 11.1. The van der Waals surface area contributed by atoms with Crippen molar-refractivity contribution >= 4 is 11.3 Å². The first-order valence-corrected chi connectivity index (χ1v) is 8.36. The van der Waals surface area contributed by atoms with Crippen molar-refractivity contribution in [2.75, 3.05) is 14.1 Å². The Kier molecular flexibility index (Phi) is 4.41. The van der Waals surface area contributed by atoms with Gasteiger partial charge in [-0.3, -0.25) is 0 Å². The molecular weight excluding hydrogens is 290 g/mol. The highest BCUT2D eigenvalue weighted by Gasteiger charge is 2.18. The van der Waals surface area contributed by atoms with Gasteiger partial charge in [-0.1, -0.05) is 24.3 Å². The second-order valence-electron chi connectivity index (χ2n) is 5.75. The van der Waals surface area contributed by atoms with Crippen LogP contribution in [0, 0.1) is 6.92 Å². The summed E-state index contributed by atoms with van der Waals surface area (Å²) in [4.78, 5) is 6.82. The number of hydrogen-bond acceptors (Lipinski definition) is 3. The van der Waals surface area contributed by atoms with Gasteiger partial charge in [0.05, 0.1) is 6.04 Å². The van der Waals surface area contributed by atoms with Crippen molar-refractivity contribution in [2.45, 2.75) is 19.5 Å². The number of nitrogens with zero attached hydrogens (tertiary/aromatic N) is 3. The molecule has 2 aromatic heterocycles. The molecular formula is C18H21N3S. The normalized spacial score (nSPS) is 12.7. The Morgan fingerprint density at radius 3 is 2.73 bits per heavy atom. The number of thiophene rings is 1. The summed E-state index contributed by atoms with van der Waals surface area (Å²) in [6.07, 6.45) is 3.96. The maximum Gasteiger partial charge on any atom is 0.140 e. The fourth-order valence-corrected chi connectivity index (χ4v) is 3.43. The summed E-state index contributed by atoms with van der Waals surface area (Å²) in [5, 5.41) is 4.25. The molecule has 4 heteroatoms. The molecule has 0 bridgehead atoms. The number of likely N-dealkylation sites (N-methyl/N-ethyl adjacent to an activating group) is 1. The van der Waals surface area contributed by atoms with E-state index >= 15 is 0 Å². The maximum absolute atomic E-state index is 4.54. The summed E-state index contributed by atoms with van der Waals surface area (Å²) in [5.74, 6) is 1.04. The first-order chi connectivity index (χ1) is 10.7. The van der Waals surface area contributed by atoms with Crippen LogP contribution in [0.2, 0.25) is 0 Å². The highest BCUT2D eigenvalue weighted by Crippen LogP contribution is 2.27. The summed E-state index contributed by atoms with van der Waals surface area (Å²) >= 11 is 1.71. The van der Waals surface area contributed by atoms with E-state index in [4.69, 9.17) is 0 Å². The van der Waals surface area contributed by atoms with Gasteiger partial charge in [0.2, 0.25) is 0 Å². The molecule has 3 rings (SSSR count). The van der Waals surface area contributed by atoms with Crippen LogP contribution < -0.4 is 0 Å². The fraction of sp³-hybridized carbons (Fsp3) is 0.278. The number of benzene rings is 1. The number of aryl methyl sites for hydroxylation is 1. The summed E-state index contributed by atoms with van der Waals surface area (Å²) in [7, 11) is 4.27. The van der Waals surface area contributed by atoms with Gasteiger partial charge in [-0.15, -0.1) is 0 Å². The lowest BCUT2D eigenvalue weighted by Crippen LogP contribution is -2.25. The molecule has 2 heterocycles. The Hall–Kier alpha value is -1.91. The van der Waals surface area contributed by atoms with Gasteiger partial charge in [-0.05, 0) is 43.6 Å². The van der Waals surface area contributed by atoms with Gasteiger partial charge in [0.1, 0.15) is 5.82 Å². The van der Waals surface area contributed by atoms with Crippen LogP contribution in [0.1, 0.15) is 17.2 Å². The molecule has 3 aromatic rings. The van der Waals surface area contributed by atoms with E-state index in [1.807, 2.05) is 6.20 Å². The minimum atomic E-state index is 0.327. The molecule has 0 saturated carbocycles. The molecule has 0 fully saturated rings. The first kappa shape index (κ1) is 15.0. The van der Waals surface area contributed by atoms with Crippen LogP contribution >= 0.6 is 11.3 Å². The smallest absolute Gasteiger partial charge is 0.140 e. The molecule has 22 heavy (non-hydrogen) atoms. The molecule has 0 aliphatic carbocycles. The second kappa shape index (κ2) is 6.46. The molecule has 0 radical (unpaired) electrons. The average molecular weight is 311 g/mol. The monoisotopic (exact) mass is 311 g/mol. The maximum atomic E-state index is 4.54. The lowest BCUT2D eigenvalue weighted by molar-refractivity contribution is 0.269. The highest BCUT2D eigenvalue weighted by atomic mass is 32.1. The van der Waals surface area contributed by atoms with Gasteiger partial charge in [0, 0.05) is 29.9 Å². The minimum Gasteiger partial charge on any atom is -0.329 e. The van der Waals surface area contributed by atoms with Gasteiger partial charge >= 0.3 is 0 Å². The summed E-state index contributed by atoms with van der Waals surface area (Å²) in [5.41, 5.74) is 3.90. The average Bonchev–Trinajstić information content (AvgIpc) is 3.16. The molecule has 1 aromatic carbocycles. The number of imidazole rings is 1. The van der Waals surface area contributed by atoms with Crippen LogP contribution in [0.5, 0.6) is 0 Å². The molecule has 0 N–H and O–H groups in total. The Labute approximate surface area is 135 Å². The van der Waals surface area contributed by atoms with Crippen LogP contribution in [0.25, 0.3) is 11.4 Å². The fourth-order valence-electron chi connectivity index (χ4n) is 2.80. The zero-order chi connectivity index (χ0) is 15.5. The van der Waals surface area contributed by atoms with Gasteiger partial charge in [0.15, 0.2) is 0 Å². The van der Waals surface area contributed by atoms with Crippen LogP contribution in [0.3, 0.4) is 0 Å². The predicted molar refractivity (Wildman–Crippen MR) is 93.1 cm³/mol. The standard InChI is InChI=1S/C18H21N3S/c1-14-6-4-5-7-16(14)17(20(2)3)12-21-10-9-19-18(21)15-8-11-22-13-15/h4-11,13,17H,12H2,1-3H3/t17-/m0/s1. The first-order valence-electron chi connectivity index (χ1n) is 7.42. The molecule has 3 nitrogen and oxygen atoms in total. The van der Waals surface area contributed by atoms with Crippen molar-refractivity contribution in [3.05, 3.63) is 64.6 Å². The van der Waals surface area contributed by atoms with Crippen molar-refractivity contribution in [2.24, 2.45) is 0 Å². The number of rotatable bonds is 5. The van der Waals surface area contributed by atoms with E-state index in [0.29, 0.717) is 6.04 Å². The van der Waals surface area contributed by atoms with Gasteiger partial charge in [-0.25, -0.2) is 4.98 Å². The van der Waals surface area contributed by atoms with Gasteiger partial charge in [-0.2, -0.15) is 11.3 Å². The van der Waals surface area contributed by atoms with Crippen molar-refractivity contribution in [3.8, 4) is 11.4 Å². The Morgan fingerprint density at radius 2 is 2.05 bits per heavy atom. The molecule has 114 valence electrons. The summed E-state index contributed by atoms with van der Waals surface area (Å²) < 4.78 is 2.25. The molecule has 0 aliphatic heterocycles. The van der Waals surface area contributed by atoms with Crippen LogP contribution in [-0.2, 0) is 6.54 Å². The van der Waals surface area contributed by atoms with E-state index in [2.05, 4.69) is 82.8 Å². The number of hydrogen-bond donors (Lipinski definition) is 0. The van der Waals surface area contributed by atoms with E-state index in [-0.39, 0.29) is 0 Å².